The number of aryl methyl sites for hydroxylation is 2. The average Bonchev–Trinajstić information content (AvgIpc) is 2.53. The number of carboxylic acid groups (broad SMARTS) is 1. The molecular formula is C13H13BrN2O2. The van der Waals surface area contributed by atoms with E-state index in [9.17, 15) is 9.90 Å². The predicted octanol–water partition coefficient (Wildman–Crippen LogP) is 3.01. The second kappa shape index (κ2) is 4.94. The van der Waals surface area contributed by atoms with Crippen LogP contribution in [0.2, 0.25) is 0 Å². The highest BCUT2D eigenvalue weighted by molar-refractivity contribution is 9.10. The molecule has 0 aliphatic heterocycles. The van der Waals surface area contributed by atoms with Gasteiger partial charge in [0.25, 0.3) is 0 Å². The van der Waals surface area contributed by atoms with Crippen molar-refractivity contribution in [2.24, 2.45) is 0 Å². The first-order valence-electron chi connectivity index (χ1n) is 5.50. The lowest BCUT2D eigenvalue weighted by Crippen LogP contribution is -2.11. The fourth-order valence-corrected chi connectivity index (χ4v) is 2.44. The fraction of sp³-hybridized carbons (Fsp3) is 0.231. The molecule has 0 spiro atoms. The van der Waals surface area contributed by atoms with Crippen molar-refractivity contribution in [3.63, 3.8) is 0 Å². The minimum atomic E-state index is -0.942. The van der Waals surface area contributed by atoms with Crippen molar-refractivity contribution in [3.8, 4) is 0 Å². The zero-order chi connectivity index (χ0) is 13.3. The highest BCUT2D eigenvalue weighted by Crippen LogP contribution is 2.17. The van der Waals surface area contributed by atoms with Crippen molar-refractivity contribution in [1.82, 2.24) is 9.55 Å². The van der Waals surface area contributed by atoms with Crippen LogP contribution in [0.1, 0.15) is 27.6 Å². The minimum Gasteiger partial charge on any atom is -0.477 e. The highest BCUT2D eigenvalue weighted by Gasteiger charge is 2.17. The summed E-state index contributed by atoms with van der Waals surface area (Å²) in [6.45, 7) is 4.04. The van der Waals surface area contributed by atoms with Crippen LogP contribution in [0, 0.1) is 13.8 Å². The molecule has 18 heavy (non-hydrogen) atoms. The van der Waals surface area contributed by atoms with Crippen molar-refractivity contribution in [3.05, 3.63) is 51.5 Å². The van der Waals surface area contributed by atoms with Gasteiger partial charge in [0.2, 0.25) is 0 Å². The number of benzene rings is 1. The van der Waals surface area contributed by atoms with E-state index in [2.05, 4.69) is 20.9 Å². The molecule has 1 heterocycles. The van der Waals surface area contributed by atoms with E-state index in [0.717, 1.165) is 10.0 Å². The van der Waals surface area contributed by atoms with Gasteiger partial charge >= 0.3 is 5.97 Å². The molecule has 2 aromatic rings. The summed E-state index contributed by atoms with van der Waals surface area (Å²) in [6, 6.07) is 7.80. The molecule has 1 N–H and O–H groups in total. The Hall–Kier alpha value is -1.62. The van der Waals surface area contributed by atoms with E-state index in [0.29, 0.717) is 18.1 Å². The first kappa shape index (κ1) is 12.8. The summed E-state index contributed by atoms with van der Waals surface area (Å²) in [4.78, 5) is 15.5. The maximum atomic E-state index is 11.2. The number of hydrogen-bond acceptors (Lipinski definition) is 2. The number of hydrogen-bond donors (Lipinski definition) is 1. The van der Waals surface area contributed by atoms with Crippen LogP contribution in [0.15, 0.2) is 28.7 Å². The number of aromatic carboxylic acids is 1. The Morgan fingerprint density at radius 2 is 2.17 bits per heavy atom. The van der Waals surface area contributed by atoms with E-state index < -0.39 is 5.97 Å². The lowest BCUT2D eigenvalue weighted by atomic mass is 10.2. The van der Waals surface area contributed by atoms with Gasteiger partial charge in [0.05, 0.1) is 5.69 Å². The quantitative estimate of drug-likeness (QED) is 0.948. The highest BCUT2D eigenvalue weighted by atomic mass is 79.9. The Morgan fingerprint density at radius 3 is 2.78 bits per heavy atom. The summed E-state index contributed by atoms with van der Waals surface area (Å²) < 4.78 is 2.70. The Bertz CT molecular complexity index is 605. The monoisotopic (exact) mass is 308 g/mol. The number of imidazole rings is 1. The molecule has 0 aliphatic rings. The molecular weight excluding hydrogens is 296 g/mol. The Balaban J connectivity index is 2.43. The molecule has 4 nitrogen and oxygen atoms in total. The first-order chi connectivity index (χ1) is 8.49. The van der Waals surface area contributed by atoms with Crippen LogP contribution >= 0.6 is 15.9 Å². The molecule has 0 radical (unpaired) electrons. The summed E-state index contributed by atoms with van der Waals surface area (Å²) in [7, 11) is 0. The maximum Gasteiger partial charge on any atom is 0.354 e. The normalized spacial score (nSPS) is 10.6. The molecule has 94 valence electrons. The Labute approximate surface area is 113 Å². The zero-order valence-electron chi connectivity index (χ0n) is 10.1. The standard InChI is InChI=1S/C13H13BrN2O2/c1-8-12(13(17)18)16(9(2)15-8)7-10-4-3-5-11(14)6-10/h3-6H,7H2,1-2H3,(H,17,18). The van der Waals surface area contributed by atoms with Crippen LogP contribution in [-0.2, 0) is 6.54 Å². The molecule has 0 amide bonds. The molecule has 5 heteroatoms. The third-order valence-electron chi connectivity index (χ3n) is 2.77. The van der Waals surface area contributed by atoms with E-state index in [1.54, 1.807) is 11.5 Å². The lowest BCUT2D eigenvalue weighted by molar-refractivity contribution is 0.0684. The number of halogens is 1. The summed E-state index contributed by atoms with van der Waals surface area (Å²) in [5.41, 5.74) is 1.84. The molecule has 0 aliphatic carbocycles. The molecule has 1 aromatic heterocycles. The third-order valence-corrected chi connectivity index (χ3v) is 3.26. The van der Waals surface area contributed by atoms with Gasteiger partial charge in [-0.25, -0.2) is 9.78 Å². The number of rotatable bonds is 3. The molecule has 0 atom stereocenters. The van der Waals surface area contributed by atoms with Crippen molar-refractivity contribution in [2.75, 3.05) is 0 Å². The summed E-state index contributed by atoms with van der Waals surface area (Å²) in [6.07, 6.45) is 0. The number of nitrogens with zero attached hydrogens (tertiary/aromatic N) is 2. The van der Waals surface area contributed by atoms with Crippen LogP contribution in [0.5, 0.6) is 0 Å². The minimum absolute atomic E-state index is 0.257. The van der Waals surface area contributed by atoms with Crippen LogP contribution in [0.25, 0.3) is 0 Å². The SMILES string of the molecule is Cc1nc(C)n(Cc2cccc(Br)c2)c1C(=O)O. The average molecular weight is 309 g/mol. The molecule has 0 bridgehead atoms. The van der Waals surface area contributed by atoms with E-state index in [1.165, 1.54) is 0 Å². The van der Waals surface area contributed by atoms with Gasteiger partial charge in [0.15, 0.2) is 5.69 Å². The van der Waals surface area contributed by atoms with Crippen molar-refractivity contribution >= 4 is 21.9 Å². The Kier molecular flexibility index (Phi) is 3.52. The van der Waals surface area contributed by atoms with Gasteiger partial charge in [-0.1, -0.05) is 28.1 Å². The van der Waals surface area contributed by atoms with Gasteiger partial charge < -0.3 is 9.67 Å². The summed E-state index contributed by atoms with van der Waals surface area (Å²) >= 11 is 3.41. The van der Waals surface area contributed by atoms with Crippen molar-refractivity contribution < 1.29 is 9.90 Å². The van der Waals surface area contributed by atoms with Crippen LogP contribution in [-0.4, -0.2) is 20.6 Å². The van der Waals surface area contributed by atoms with Crippen LogP contribution in [0.4, 0.5) is 0 Å². The number of carboxylic acids is 1. The smallest absolute Gasteiger partial charge is 0.354 e. The van der Waals surface area contributed by atoms with Gasteiger partial charge in [0.1, 0.15) is 5.82 Å². The second-order valence-electron chi connectivity index (χ2n) is 4.11. The van der Waals surface area contributed by atoms with E-state index in [-0.39, 0.29) is 5.69 Å². The molecule has 1 aromatic carbocycles. The van der Waals surface area contributed by atoms with Crippen LogP contribution < -0.4 is 0 Å². The van der Waals surface area contributed by atoms with Gasteiger partial charge in [0, 0.05) is 11.0 Å². The molecule has 0 saturated heterocycles. The predicted molar refractivity (Wildman–Crippen MR) is 71.9 cm³/mol. The second-order valence-corrected chi connectivity index (χ2v) is 5.03. The van der Waals surface area contributed by atoms with Crippen molar-refractivity contribution in [2.45, 2.75) is 20.4 Å². The number of carbonyl (C=O) groups is 1. The largest absolute Gasteiger partial charge is 0.477 e. The Morgan fingerprint density at radius 1 is 1.44 bits per heavy atom. The zero-order valence-corrected chi connectivity index (χ0v) is 11.7. The summed E-state index contributed by atoms with van der Waals surface area (Å²) in [5, 5.41) is 9.22. The van der Waals surface area contributed by atoms with Gasteiger partial charge in [-0.2, -0.15) is 0 Å². The number of aromatic nitrogens is 2. The van der Waals surface area contributed by atoms with Gasteiger partial charge in [-0.3, -0.25) is 0 Å². The molecule has 0 saturated carbocycles. The molecule has 2 rings (SSSR count). The van der Waals surface area contributed by atoms with E-state index in [4.69, 9.17) is 0 Å². The van der Waals surface area contributed by atoms with Gasteiger partial charge in [-0.05, 0) is 31.5 Å². The topological polar surface area (TPSA) is 55.1 Å². The van der Waals surface area contributed by atoms with Crippen molar-refractivity contribution in [1.29, 1.82) is 0 Å². The van der Waals surface area contributed by atoms with E-state index >= 15 is 0 Å². The summed E-state index contributed by atoms with van der Waals surface area (Å²) in [5.74, 6) is -0.229. The third kappa shape index (κ3) is 2.46. The molecule has 0 fully saturated rings. The maximum absolute atomic E-state index is 11.2. The lowest BCUT2D eigenvalue weighted by Gasteiger charge is -2.08. The molecule has 0 unspecified atom stereocenters. The van der Waals surface area contributed by atoms with Crippen LogP contribution in [0.3, 0.4) is 0 Å². The first-order valence-corrected chi connectivity index (χ1v) is 6.30. The van der Waals surface area contributed by atoms with E-state index in [1.807, 2.05) is 31.2 Å². The fourth-order valence-electron chi connectivity index (χ4n) is 1.99. The van der Waals surface area contributed by atoms with Gasteiger partial charge in [-0.15, -0.1) is 0 Å².